The molecule has 3 rings (SSSR count). The number of benzene rings is 2. The standard InChI is InChI=1S/C21H21N5O4/c1-3-14-8-5-6-11-17(14)25-20-18(26(28)29)19(22-13-23-20)24-16-10-7-9-15(12-16)21(27)30-4-2/h5-13H,3-4H2,1-2H3,(H2,22,23,24,25). The number of ether oxygens (including phenoxy) is 1. The number of aryl methyl sites for hydroxylation is 1. The van der Waals surface area contributed by atoms with Crippen molar-refractivity contribution in [2.45, 2.75) is 20.3 Å². The van der Waals surface area contributed by atoms with Crippen molar-refractivity contribution in [3.8, 4) is 0 Å². The number of esters is 1. The Kier molecular flexibility index (Phi) is 6.53. The Labute approximate surface area is 173 Å². The Hall–Kier alpha value is -4.01. The van der Waals surface area contributed by atoms with Crippen molar-refractivity contribution in [1.82, 2.24) is 9.97 Å². The number of para-hydroxylation sites is 1. The molecule has 0 unspecified atom stereocenters. The average Bonchev–Trinajstić information content (AvgIpc) is 2.74. The fourth-order valence-corrected chi connectivity index (χ4v) is 2.89. The van der Waals surface area contributed by atoms with Crippen LogP contribution in [-0.2, 0) is 11.2 Å². The fourth-order valence-electron chi connectivity index (χ4n) is 2.89. The minimum Gasteiger partial charge on any atom is -0.462 e. The van der Waals surface area contributed by atoms with E-state index in [1.165, 1.54) is 6.33 Å². The molecule has 0 atom stereocenters. The Bertz CT molecular complexity index is 1070. The summed E-state index contributed by atoms with van der Waals surface area (Å²) in [5, 5.41) is 17.8. The van der Waals surface area contributed by atoms with E-state index < -0.39 is 10.9 Å². The van der Waals surface area contributed by atoms with Crippen LogP contribution in [0.2, 0.25) is 0 Å². The molecule has 0 fully saturated rings. The van der Waals surface area contributed by atoms with Crippen LogP contribution in [0.5, 0.6) is 0 Å². The molecule has 30 heavy (non-hydrogen) atoms. The molecule has 0 aliphatic carbocycles. The lowest BCUT2D eigenvalue weighted by Crippen LogP contribution is -2.07. The summed E-state index contributed by atoms with van der Waals surface area (Å²) in [5.41, 5.74) is 2.22. The number of carbonyl (C=O) groups is 1. The van der Waals surface area contributed by atoms with Gasteiger partial charge >= 0.3 is 11.7 Å². The number of anilines is 4. The van der Waals surface area contributed by atoms with Gasteiger partial charge in [0.2, 0.25) is 11.6 Å². The molecule has 9 nitrogen and oxygen atoms in total. The summed E-state index contributed by atoms with van der Waals surface area (Å²) in [4.78, 5) is 31.3. The van der Waals surface area contributed by atoms with Gasteiger partial charge in [-0.25, -0.2) is 14.8 Å². The van der Waals surface area contributed by atoms with Gasteiger partial charge in [-0.2, -0.15) is 0 Å². The first kappa shape index (κ1) is 20.7. The van der Waals surface area contributed by atoms with Crippen LogP contribution >= 0.6 is 0 Å². The third-order valence-electron chi connectivity index (χ3n) is 4.29. The van der Waals surface area contributed by atoms with Crippen LogP contribution in [0.3, 0.4) is 0 Å². The van der Waals surface area contributed by atoms with Crippen molar-refractivity contribution in [1.29, 1.82) is 0 Å². The van der Waals surface area contributed by atoms with Crippen LogP contribution in [-0.4, -0.2) is 27.5 Å². The van der Waals surface area contributed by atoms with E-state index >= 15 is 0 Å². The molecule has 1 heterocycles. The van der Waals surface area contributed by atoms with Gasteiger partial charge in [0, 0.05) is 11.4 Å². The monoisotopic (exact) mass is 407 g/mol. The molecule has 0 bridgehead atoms. The number of nitro groups is 1. The molecular weight excluding hydrogens is 386 g/mol. The van der Waals surface area contributed by atoms with Gasteiger partial charge in [0.25, 0.3) is 0 Å². The van der Waals surface area contributed by atoms with E-state index in [0.29, 0.717) is 11.3 Å². The van der Waals surface area contributed by atoms with Crippen LogP contribution < -0.4 is 10.6 Å². The highest BCUT2D eigenvalue weighted by Gasteiger charge is 2.24. The first-order chi connectivity index (χ1) is 14.5. The van der Waals surface area contributed by atoms with E-state index in [2.05, 4.69) is 20.6 Å². The average molecular weight is 407 g/mol. The topological polar surface area (TPSA) is 119 Å². The lowest BCUT2D eigenvalue weighted by atomic mass is 10.1. The molecule has 2 aromatic carbocycles. The highest BCUT2D eigenvalue weighted by Crippen LogP contribution is 2.33. The van der Waals surface area contributed by atoms with Gasteiger partial charge in [-0.05, 0) is 43.2 Å². The number of rotatable bonds is 8. The predicted molar refractivity (Wildman–Crippen MR) is 113 cm³/mol. The van der Waals surface area contributed by atoms with Crippen molar-refractivity contribution >= 4 is 34.7 Å². The molecule has 0 radical (unpaired) electrons. The Morgan fingerprint density at radius 2 is 1.80 bits per heavy atom. The summed E-state index contributed by atoms with van der Waals surface area (Å²) in [6, 6.07) is 14.0. The normalized spacial score (nSPS) is 10.3. The summed E-state index contributed by atoms with van der Waals surface area (Å²) in [5.74, 6) is -0.399. The van der Waals surface area contributed by atoms with Crippen LogP contribution in [0.4, 0.5) is 28.7 Å². The zero-order valence-electron chi connectivity index (χ0n) is 16.6. The molecule has 0 aliphatic rings. The Morgan fingerprint density at radius 3 is 2.50 bits per heavy atom. The molecule has 9 heteroatoms. The van der Waals surface area contributed by atoms with E-state index in [-0.39, 0.29) is 23.9 Å². The molecule has 2 N–H and O–H groups in total. The van der Waals surface area contributed by atoms with E-state index in [9.17, 15) is 14.9 Å². The molecule has 0 aliphatic heterocycles. The second-order valence-corrected chi connectivity index (χ2v) is 6.24. The van der Waals surface area contributed by atoms with Gasteiger partial charge in [-0.15, -0.1) is 0 Å². The van der Waals surface area contributed by atoms with Gasteiger partial charge in [-0.3, -0.25) is 10.1 Å². The molecule has 0 amide bonds. The molecule has 3 aromatic rings. The van der Waals surface area contributed by atoms with Crippen molar-refractivity contribution < 1.29 is 14.5 Å². The molecule has 0 spiro atoms. The van der Waals surface area contributed by atoms with E-state index in [4.69, 9.17) is 4.74 Å². The van der Waals surface area contributed by atoms with Gasteiger partial charge in [-0.1, -0.05) is 31.2 Å². The molecule has 154 valence electrons. The number of nitrogens with one attached hydrogen (secondary N) is 2. The SMILES string of the molecule is CCOC(=O)c1cccc(Nc2ncnc(Nc3ccccc3CC)c2[N+](=O)[O-])c1. The smallest absolute Gasteiger partial charge is 0.353 e. The quantitative estimate of drug-likeness (QED) is 0.316. The van der Waals surface area contributed by atoms with E-state index in [0.717, 1.165) is 17.7 Å². The number of aromatic nitrogens is 2. The number of carbonyl (C=O) groups excluding carboxylic acids is 1. The number of hydrogen-bond acceptors (Lipinski definition) is 8. The maximum atomic E-state index is 11.9. The minimum absolute atomic E-state index is 0.00693. The van der Waals surface area contributed by atoms with Crippen molar-refractivity contribution in [3.05, 3.63) is 76.1 Å². The first-order valence-corrected chi connectivity index (χ1v) is 9.42. The lowest BCUT2D eigenvalue weighted by Gasteiger charge is -2.12. The predicted octanol–water partition coefficient (Wildman–Crippen LogP) is 4.61. The number of hydrogen-bond donors (Lipinski definition) is 2. The zero-order chi connectivity index (χ0) is 21.5. The molecule has 0 saturated carbocycles. The fraction of sp³-hybridized carbons (Fsp3) is 0.190. The summed E-state index contributed by atoms with van der Waals surface area (Å²) < 4.78 is 4.99. The first-order valence-electron chi connectivity index (χ1n) is 9.42. The highest BCUT2D eigenvalue weighted by molar-refractivity contribution is 5.91. The summed E-state index contributed by atoms with van der Waals surface area (Å²) in [7, 11) is 0. The van der Waals surface area contributed by atoms with Crippen molar-refractivity contribution in [3.63, 3.8) is 0 Å². The van der Waals surface area contributed by atoms with Crippen LogP contribution in [0.1, 0.15) is 29.8 Å². The summed E-state index contributed by atoms with van der Waals surface area (Å²) in [6.07, 6.45) is 2.00. The third kappa shape index (κ3) is 4.69. The third-order valence-corrected chi connectivity index (χ3v) is 4.29. The van der Waals surface area contributed by atoms with Gasteiger partial charge in [0.05, 0.1) is 17.1 Å². The summed E-state index contributed by atoms with van der Waals surface area (Å²) in [6.45, 7) is 3.97. The summed E-state index contributed by atoms with van der Waals surface area (Å²) >= 11 is 0. The maximum absolute atomic E-state index is 11.9. The second-order valence-electron chi connectivity index (χ2n) is 6.24. The Morgan fingerprint density at radius 1 is 1.07 bits per heavy atom. The molecule has 0 saturated heterocycles. The van der Waals surface area contributed by atoms with Crippen LogP contribution in [0.25, 0.3) is 0 Å². The zero-order valence-corrected chi connectivity index (χ0v) is 16.6. The van der Waals surface area contributed by atoms with Crippen LogP contribution in [0.15, 0.2) is 54.9 Å². The highest BCUT2D eigenvalue weighted by atomic mass is 16.6. The van der Waals surface area contributed by atoms with Gasteiger partial charge in [0.15, 0.2) is 0 Å². The van der Waals surface area contributed by atoms with E-state index in [1.54, 1.807) is 31.2 Å². The van der Waals surface area contributed by atoms with Crippen molar-refractivity contribution in [2.24, 2.45) is 0 Å². The lowest BCUT2D eigenvalue weighted by molar-refractivity contribution is -0.383. The van der Waals surface area contributed by atoms with Gasteiger partial charge < -0.3 is 15.4 Å². The Balaban J connectivity index is 1.95. The molecule has 1 aromatic heterocycles. The second kappa shape index (κ2) is 9.46. The van der Waals surface area contributed by atoms with Gasteiger partial charge in [0.1, 0.15) is 6.33 Å². The molecular formula is C21H21N5O4. The maximum Gasteiger partial charge on any atom is 0.353 e. The largest absolute Gasteiger partial charge is 0.462 e. The van der Waals surface area contributed by atoms with E-state index in [1.807, 2.05) is 31.2 Å². The van der Waals surface area contributed by atoms with Crippen molar-refractivity contribution in [2.75, 3.05) is 17.2 Å². The minimum atomic E-state index is -0.547. The number of nitrogens with zero attached hydrogens (tertiary/aromatic N) is 3. The van der Waals surface area contributed by atoms with Crippen LogP contribution in [0, 0.1) is 10.1 Å².